The molecule has 0 aromatic heterocycles. The van der Waals surface area contributed by atoms with Crippen LogP contribution in [-0.4, -0.2) is 23.8 Å². The van der Waals surface area contributed by atoms with Crippen LogP contribution in [0.4, 0.5) is 0 Å². The van der Waals surface area contributed by atoms with E-state index in [1.807, 2.05) is 6.07 Å². The number of halogens is 1. The second-order valence-corrected chi connectivity index (χ2v) is 4.79. The summed E-state index contributed by atoms with van der Waals surface area (Å²) >= 11 is 3.36. The van der Waals surface area contributed by atoms with Gasteiger partial charge in [-0.2, -0.15) is 0 Å². The molecule has 0 fully saturated rings. The highest BCUT2D eigenvalue weighted by atomic mass is 79.9. The van der Waals surface area contributed by atoms with Crippen molar-refractivity contribution in [2.24, 2.45) is 0 Å². The molecule has 15 heavy (non-hydrogen) atoms. The summed E-state index contributed by atoms with van der Waals surface area (Å²) in [5.41, 5.74) is 1.81. The Hall–Kier alpha value is -1.03. The highest BCUT2D eigenvalue weighted by molar-refractivity contribution is 9.10. The zero-order valence-corrected chi connectivity index (χ0v) is 9.54. The number of fused-ring (bicyclic) bond motifs is 2. The first-order valence-corrected chi connectivity index (χ1v) is 5.78. The summed E-state index contributed by atoms with van der Waals surface area (Å²) in [6.07, 6.45) is 0.741. The van der Waals surface area contributed by atoms with Crippen molar-refractivity contribution >= 4 is 21.7 Å². The number of hydrogen-bond donors (Lipinski definition) is 0. The van der Waals surface area contributed by atoms with Crippen LogP contribution in [0.2, 0.25) is 0 Å². The average molecular weight is 269 g/mol. The maximum Gasteiger partial charge on any atom is 0.177 e. The van der Waals surface area contributed by atoms with Gasteiger partial charge in [0.05, 0.1) is 4.83 Å². The van der Waals surface area contributed by atoms with E-state index >= 15 is 0 Å². The maximum atomic E-state index is 11.7. The third-order valence-electron chi connectivity index (χ3n) is 2.72. The summed E-state index contributed by atoms with van der Waals surface area (Å²) in [6.45, 7) is 1.13. The molecule has 1 aromatic carbocycles. The minimum atomic E-state index is -0.0867. The fourth-order valence-electron chi connectivity index (χ4n) is 1.98. The van der Waals surface area contributed by atoms with Crippen molar-refractivity contribution in [3.8, 4) is 11.5 Å². The van der Waals surface area contributed by atoms with E-state index in [-0.39, 0.29) is 10.6 Å². The third-order valence-corrected chi connectivity index (χ3v) is 3.46. The van der Waals surface area contributed by atoms with E-state index in [4.69, 9.17) is 9.47 Å². The third kappa shape index (κ3) is 1.35. The van der Waals surface area contributed by atoms with Gasteiger partial charge in [-0.05, 0) is 24.1 Å². The van der Waals surface area contributed by atoms with Crippen molar-refractivity contribution < 1.29 is 14.3 Å². The van der Waals surface area contributed by atoms with Gasteiger partial charge < -0.3 is 9.47 Å². The lowest BCUT2D eigenvalue weighted by molar-refractivity contribution is 0.100. The SMILES string of the molecule is O=C1c2cc3c(cc2C[C@H]1Br)OCCO3. The maximum absolute atomic E-state index is 11.7. The Morgan fingerprint density at radius 2 is 1.87 bits per heavy atom. The van der Waals surface area contributed by atoms with Crippen molar-refractivity contribution in [1.29, 1.82) is 0 Å². The van der Waals surface area contributed by atoms with Crippen molar-refractivity contribution in [3.63, 3.8) is 0 Å². The number of alkyl halides is 1. The number of Topliss-reactive ketones (excluding diaryl/α,β-unsaturated/α-hetero) is 1. The number of carbonyl (C=O) groups excluding carboxylic acids is 1. The molecule has 0 saturated heterocycles. The van der Waals surface area contributed by atoms with Crippen molar-refractivity contribution in [2.45, 2.75) is 11.2 Å². The highest BCUT2D eigenvalue weighted by Crippen LogP contribution is 2.38. The Kier molecular flexibility index (Phi) is 1.99. The van der Waals surface area contributed by atoms with Gasteiger partial charge in [0.15, 0.2) is 17.3 Å². The van der Waals surface area contributed by atoms with Crippen LogP contribution in [0, 0.1) is 0 Å². The summed E-state index contributed by atoms with van der Waals surface area (Å²) in [5.74, 6) is 1.59. The first-order valence-electron chi connectivity index (χ1n) is 4.86. The van der Waals surface area contributed by atoms with E-state index in [1.165, 1.54) is 0 Å². The molecule has 0 spiro atoms. The topological polar surface area (TPSA) is 35.5 Å². The number of rotatable bonds is 0. The first-order chi connectivity index (χ1) is 7.25. The van der Waals surface area contributed by atoms with E-state index < -0.39 is 0 Å². The van der Waals surface area contributed by atoms with Crippen LogP contribution in [0.3, 0.4) is 0 Å². The number of ketones is 1. The Balaban J connectivity index is 2.12. The fraction of sp³-hybridized carbons (Fsp3) is 0.364. The van der Waals surface area contributed by atoms with Gasteiger partial charge in [-0.15, -0.1) is 0 Å². The summed E-state index contributed by atoms with van der Waals surface area (Å²) in [4.78, 5) is 11.7. The van der Waals surface area contributed by atoms with E-state index in [2.05, 4.69) is 15.9 Å². The minimum absolute atomic E-state index is 0.0867. The lowest BCUT2D eigenvalue weighted by Gasteiger charge is -2.19. The Morgan fingerprint density at radius 3 is 2.60 bits per heavy atom. The molecule has 1 aliphatic carbocycles. The van der Waals surface area contributed by atoms with Gasteiger partial charge >= 0.3 is 0 Å². The summed E-state index contributed by atoms with van der Waals surface area (Å²) in [6, 6.07) is 3.72. The summed E-state index contributed by atoms with van der Waals surface area (Å²) < 4.78 is 10.9. The fourth-order valence-corrected chi connectivity index (χ4v) is 2.58. The Labute approximate surface area is 95.5 Å². The molecule has 0 radical (unpaired) electrons. The molecule has 4 heteroatoms. The molecule has 0 amide bonds. The Bertz CT molecular complexity index is 442. The van der Waals surface area contributed by atoms with Crippen LogP contribution >= 0.6 is 15.9 Å². The summed E-state index contributed by atoms with van der Waals surface area (Å²) in [7, 11) is 0. The van der Waals surface area contributed by atoms with Crippen molar-refractivity contribution in [2.75, 3.05) is 13.2 Å². The zero-order valence-electron chi connectivity index (χ0n) is 7.96. The molecule has 0 N–H and O–H groups in total. The summed E-state index contributed by atoms with van der Waals surface area (Å²) in [5, 5.41) is 0. The predicted molar refractivity (Wildman–Crippen MR) is 58.2 cm³/mol. The van der Waals surface area contributed by atoms with Crippen molar-refractivity contribution in [3.05, 3.63) is 23.3 Å². The largest absolute Gasteiger partial charge is 0.486 e. The number of benzene rings is 1. The van der Waals surface area contributed by atoms with Crippen LogP contribution in [0.15, 0.2) is 12.1 Å². The smallest absolute Gasteiger partial charge is 0.177 e. The van der Waals surface area contributed by atoms with Crippen LogP contribution < -0.4 is 9.47 Å². The highest BCUT2D eigenvalue weighted by Gasteiger charge is 2.30. The Morgan fingerprint density at radius 1 is 1.20 bits per heavy atom. The quantitative estimate of drug-likeness (QED) is 0.675. The van der Waals surface area contributed by atoms with Gasteiger partial charge in [-0.25, -0.2) is 0 Å². The molecular formula is C11H9BrO3. The van der Waals surface area contributed by atoms with Gasteiger partial charge in [-0.1, -0.05) is 15.9 Å². The van der Waals surface area contributed by atoms with E-state index in [0.717, 1.165) is 23.3 Å². The standard InChI is InChI=1S/C11H9BrO3/c12-8-3-6-4-9-10(15-2-1-14-9)5-7(6)11(8)13/h4-5,8H,1-3H2/t8-/m1/s1. The monoisotopic (exact) mass is 268 g/mol. The molecule has 2 aliphatic rings. The van der Waals surface area contributed by atoms with E-state index in [1.54, 1.807) is 6.07 Å². The first kappa shape index (κ1) is 9.21. The molecule has 1 heterocycles. The van der Waals surface area contributed by atoms with E-state index in [9.17, 15) is 4.79 Å². The molecule has 3 nitrogen and oxygen atoms in total. The molecular weight excluding hydrogens is 260 g/mol. The average Bonchev–Trinajstić information content (AvgIpc) is 2.52. The second-order valence-electron chi connectivity index (χ2n) is 3.69. The molecule has 1 aliphatic heterocycles. The van der Waals surface area contributed by atoms with Crippen LogP contribution in [0.1, 0.15) is 15.9 Å². The minimum Gasteiger partial charge on any atom is -0.486 e. The van der Waals surface area contributed by atoms with E-state index in [0.29, 0.717) is 19.0 Å². The van der Waals surface area contributed by atoms with Gasteiger partial charge in [0.2, 0.25) is 0 Å². The number of ether oxygens (including phenoxy) is 2. The lowest BCUT2D eigenvalue weighted by Crippen LogP contribution is -2.15. The van der Waals surface area contributed by atoms with Gasteiger partial charge in [0.25, 0.3) is 0 Å². The van der Waals surface area contributed by atoms with Gasteiger partial charge in [0.1, 0.15) is 13.2 Å². The molecule has 0 unspecified atom stereocenters. The molecule has 1 aromatic rings. The van der Waals surface area contributed by atoms with Crippen LogP contribution in [0.5, 0.6) is 11.5 Å². The number of hydrogen-bond acceptors (Lipinski definition) is 3. The molecule has 1 atom stereocenters. The van der Waals surface area contributed by atoms with Crippen molar-refractivity contribution in [1.82, 2.24) is 0 Å². The molecule has 3 rings (SSSR count). The molecule has 0 saturated carbocycles. The predicted octanol–water partition coefficient (Wildman–Crippen LogP) is 1.96. The molecule has 0 bridgehead atoms. The van der Waals surface area contributed by atoms with Gasteiger partial charge in [-0.3, -0.25) is 4.79 Å². The molecule has 78 valence electrons. The van der Waals surface area contributed by atoms with Crippen LogP contribution in [0.25, 0.3) is 0 Å². The second kappa shape index (κ2) is 3.23. The van der Waals surface area contributed by atoms with Crippen LogP contribution in [-0.2, 0) is 6.42 Å². The number of carbonyl (C=O) groups is 1. The lowest BCUT2D eigenvalue weighted by atomic mass is 10.1. The van der Waals surface area contributed by atoms with Gasteiger partial charge in [0, 0.05) is 5.56 Å². The normalized spacial score (nSPS) is 22.7. The zero-order chi connectivity index (χ0) is 10.4.